The van der Waals surface area contributed by atoms with Crippen LogP contribution in [0.15, 0.2) is 0 Å². The topological polar surface area (TPSA) is 87.7 Å². The third-order valence-electron chi connectivity index (χ3n) is 4.50. The van der Waals surface area contributed by atoms with Gasteiger partial charge < -0.3 is 9.64 Å². The normalized spacial score (nSPS) is 22.5. The van der Waals surface area contributed by atoms with Crippen LogP contribution in [0.3, 0.4) is 0 Å². The number of hydrogen-bond acceptors (Lipinski definition) is 4. The van der Waals surface area contributed by atoms with E-state index in [2.05, 4.69) is 10.9 Å². The van der Waals surface area contributed by atoms with Crippen molar-refractivity contribution in [3.8, 4) is 0 Å². The number of nitrogens with zero attached hydrogens (tertiary/aromatic N) is 1. The van der Waals surface area contributed by atoms with Crippen molar-refractivity contribution in [1.82, 2.24) is 15.8 Å². The summed E-state index contributed by atoms with van der Waals surface area (Å²) in [5.41, 5.74) is 4.46. The second kappa shape index (κ2) is 7.40. The van der Waals surface area contributed by atoms with E-state index in [1.165, 1.54) is 0 Å². The molecule has 7 heteroatoms. The third kappa shape index (κ3) is 5.39. The number of hydrogen-bond donors (Lipinski definition) is 2. The summed E-state index contributed by atoms with van der Waals surface area (Å²) in [7, 11) is 0. The maximum Gasteiger partial charge on any atom is 0.410 e. The molecule has 7 nitrogen and oxygen atoms in total. The monoisotopic (exact) mass is 339 g/mol. The average molecular weight is 339 g/mol. The summed E-state index contributed by atoms with van der Waals surface area (Å²) in [4.78, 5) is 37.9. The van der Waals surface area contributed by atoms with Gasteiger partial charge in [-0.05, 0) is 52.4 Å². The minimum Gasteiger partial charge on any atom is -0.444 e. The molecule has 1 saturated carbocycles. The maximum absolute atomic E-state index is 12.3. The van der Waals surface area contributed by atoms with E-state index >= 15 is 0 Å². The van der Waals surface area contributed by atoms with Crippen LogP contribution >= 0.6 is 0 Å². The summed E-state index contributed by atoms with van der Waals surface area (Å²) in [5.74, 6) is -0.359. The molecule has 0 spiro atoms. The van der Waals surface area contributed by atoms with Crippen molar-refractivity contribution >= 4 is 17.9 Å². The Labute approximate surface area is 143 Å². The molecule has 3 amide bonds. The fourth-order valence-corrected chi connectivity index (χ4v) is 2.83. The number of nitrogens with one attached hydrogen (secondary N) is 2. The Morgan fingerprint density at radius 1 is 1.12 bits per heavy atom. The van der Waals surface area contributed by atoms with Gasteiger partial charge >= 0.3 is 6.09 Å². The van der Waals surface area contributed by atoms with Crippen molar-refractivity contribution in [3.63, 3.8) is 0 Å². The highest BCUT2D eigenvalue weighted by Crippen LogP contribution is 2.36. The number of likely N-dealkylation sites (tertiary alicyclic amines) is 1. The number of hydrazine groups is 1. The molecular weight excluding hydrogens is 310 g/mol. The van der Waals surface area contributed by atoms with Crippen LogP contribution in [0.1, 0.15) is 53.4 Å². The molecule has 2 unspecified atom stereocenters. The highest BCUT2D eigenvalue weighted by atomic mass is 16.6. The number of ether oxygens (including phenoxy) is 1. The summed E-state index contributed by atoms with van der Waals surface area (Å²) >= 11 is 0. The second-order valence-corrected chi connectivity index (χ2v) is 7.87. The fourth-order valence-electron chi connectivity index (χ4n) is 2.83. The van der Waals surface area contributed by atoms with E-state index in [1.54, 1.807) is 4.90 Å². The van der Waals surface area contributed by atoms with E-state index in [-0.39, 0.29) is 23.7 Å². The molecule has 0 radical (unpaired) electrons. The quantitative estimate of drug-likeness (QED) is 0.768. The Hall–Kier alpha value is -1.79. The van der Waals surface area contributed by atoms with Crippen LogP contribution in [-0.4, -0.2) is 41.5 Å². The molecule has 2 fully saturated rings. The van der Waals surface area contributed by atoms with Gasteiger partial charge in [0.1, 0.15) is 5.60 Å². The van der Waals surface area contributed by atoms with Gasteiger partial charge in [0.25, 0.3) is 0 Å². The molecule has 24 heavy (non-hydrogen) atoms. The molecule has 1 heterocycles. The van der Waals surface area contributed by atoms with Gasteiger partial charge in [0.2, 0.25) is 11.8 Å². The van der Waals surface area contributed by atoms with Crippen LogP contribution in [0.4, 0.5) is 4.79 Å². The zero-order chi connectivity index (χ0) is 17.9. The van der Waals surface area contributed by atoms with Crippen LogP contribution in [0.2, 0.25) is 0 Å². The molecule has 0 aromatic rings. The van der Waals surface area contributed by atoms with E-state index in [9.17, 15) is 14.4 Å². The molecule has 0 aromatic heterocycles. The van der Waals surface area contributed by atoms with Crippen molar-refractivity contribution in [1.29, 1.82) is 0 Å². The molecule has 136 valence electrons. The summed E-state index contributed by atoms with van der Waals surface area (Å²) in [6.07, 6.45) is 3.20. The summed E-state index contributed by atoms with van der Waals surface area (Å²) < 4.78 is 5.35. The van der Waals surface area contributed by atoms with Crippen molar-refractivity contribution in [2.24, 2.45) is 17.8 Å². The van der Waals surface area contributed by atoms with Gasteiger partial charge in [0, 0.05) is 19.0 Å². The second-order valence-electron chi connectivity index (χ2n) is 7.87. The van der Waals surface area contributed by atoms with Gasteiger partial charge in [-0.25, -0.2) is 4.79 Å². The molecule has 1 saturated heterocycles. The fraction of sp³-hybridized carbons (Fsp3) is 0.824. The van der Waals surface area contributed by atoms with E-state index in [0.717, 1.165) is 19.3 Å². The Morgan fingerprint density at radius 3 is 2.38 bits per heavy atom. The largest absolute Gasteiger partial charge is 0.444 e. The van der Waals surface area contributed by atoms with Crippen molar-refractivity contribution < 1.29 is 19.1 Å². The van der Waals surface area contributed by atoms with Crippen LogP contribution in [0.5, 0.6) is 0 Å². The average Bonchev–Trinajstić information content (AvgIpc) is 3.34. The first-order valence-corrected chi connectivity index (χ1v) is 8.75. The van der Waals surface area contributed by atoms with Crippen LogP contribution in [-0.2, 0) is 14.3 Å². The standard InChI is InChI=1S/C17H29N3O4/c1-11(12-7-8-12)14(21)18-19-15(22)13-6-5-9-20(10-13)16(23)24-17(2,3)4/h11-13H,5-10H2,1-4H3,(H,18,21)(H,19,22). The Morgan fingerprint density at radius 2 is 1.79 bits per heavy atom. The van der Waals surface area contributed by atoms with Crippen LogP contribution < -0.4 is 10.9 Å². The SMILES string of the molecule is CC(C(=O)NNC(=O)C1CCCN(C(=O)OC(C)(C)C)C1)C1CC1. The Bertz CT molecular complexity index is 497. The minimum absolute atomic E-state index is 0.0742. The first-order valence-electron chi connectivity index (χ1n) is 8.75. The molecule has 2 aliphatic rings. The Kier molecular flexibility index (Phi) is 5.72. The lowest BCUT2D eigenvalue weighted by Gasteiger charge is -2.33. The van der Waals surface area contributed by atoms with Gasteiger partial charge in [-0.1, -0.05) is 6.92 Å². The van der Waals surface area contributed by atoms with E-state index in [1.807, 2.05) is 27.7 Å². The zero-order valence-electron chi connectivity index (χ0n) is 15.1. The number of amides is 3. The molecule has 1 aliphatic carbocycles. The highest BCUT2D eigenvalue weighted by Gasteiger charge is 2.34. The number of carbonyl (C=O) groups excluding carboxylic acids is 3. The predicted molar refractivity (Wildman–Crippen MR) is 88.7 cm³/mol. The van der Waals surface area contributed by atoms with E-state index in [0.29, 0.717) is 25.4 Å². The van der Waals surface area contributed by atoms with Gasteiger partial charge in [-0.15, -0.1) is 0 Å². The molecule has 2 N–H and O–H groups in total. The van der Waals surface area contributed by atoms with E-state index < -0.39 is 11.7 Å². The van der Waals surface area contributed by atoms with E-state index in [4.69, 9.17) is 4.74 Å². The van der Waals surface area contributed by atoms with Crippen molar-refractivity contribution in [3.05, 3.63) is 0 Å². The number of rotatable bonds is 3. The minimum atomic E-state index is -0.556. The van der Waals surface area contributed by atoms with Crippen molar-refractivity contribution in [2.45, 2.75) is 59.0 Å². The Balaban J connectivity index is 1.79. The zero-order valence-corrected chi connectivity index (χ0v) is 15.1. The van der Waals surface area contributed by atoms with Crippen LogP contribution in [0.25, 0.3) is 0 Å². The lowest BCUT2D eigenvalue weighted by atomic mass is 9.98. The summed E-state index contributed by atoms with van der Waals surface area (Å²) in [6.45, 7) is 8.23. The predicted octanol–water partition coefficient (Wildman–Crippen LogP) is 1.83. The number of carbonyl (C=O) groups is 3. The molecule has 0 aromatic carbocycles. The van der Waals surface area contributed by atoms with Crippen molar-refractivity contribution in [2.75, 3.05) is 13.1 Å². The first-order chi connectivity index (χ1) is 11.2. The van der Waals surface area contributed by atoms with Gasteiger partial charge in [-0.2, -0.15) is 0 Å². The molecule has 2 rings (SSSR count). The molecule has 2 atom stereocenters. The first kappa shape index (κ1) is 18.5. The molecule has 1 aliphatic heterocycles. The lowest BCUT2D eigenvalue weighted by Crippen LogP contribution is -2.51. The smallest absolute Gasteiger partial charge is 0.410 e. The maximum atomic E-state index is 12.3. The lowest BCUT2D eigenvalue weighted by molar-refractivity contribution is -0.134. The molecular formula is C17H29N3O4. The highest BCUT2D eigenvalue weighted by molar-refractivity contribution is 5.85. The van der Waals surface area contributed by atoms with Gasteiger partial charge in [0.05, 0.1) is 5.92 Å². The van der Waals surface area contributed by atoms with Gasteiger partial charge in [-0.3, -0.25) is 20.4 Å². The number of piperidine rings is 1. The molecule has 0 bridgehead atoms. The summed E-state index contributed by atoms with van der Waals surface area (Å²) in [5, 5.41) is 0. The third-order valence-corrected chi connectivity index (χ3v) is 4.50. The van der Waals surface area contributed by atoms with Crippen LogP contribution in [0, 0.1) is 17.8 Å². The summed E-state index contributed by atoms with van der Waals surface area (Å²) in [6, 6.07) is 0. The van der Waals surface area contributed by atoms with Gasteiger partial charge in [0.15, 0.2) is 0 Å².